The summed E-state index contributed by atoms with van der Waals surface area (Å²) < 4.78 is 83.9. The first kappa shape index (κ1) is 44.0. The molecule has 0 aliphatic carbocycles. The molecule has 4 aliphatic rings. The first-order chi connectivity index (χ1) is 26.1. The number of nitrogens with one attached hydrogen (secondary N) is 3. The maximum atomic E-state index is 12.7. The van der Waals surface area contributed by atoms with Crippen LogP contribution in [0.4, 0.5) is 26.3 Å². The van der Waals surface area contributed by atoms with Crippen LogP contribution in [0.2, 0.25) is 0 Å². The molecular formula is C35H49F6IN10O4. The Bertz CT molecular complexity index is 2000. The Morgan fingerprint density at radius 1 is 0.732 bits per heavy atom. The van der Waals surface area contributed by atoms with Crippen molar-refractivity contribution < 1.29 is 35.8 Å². The number of likely N-dealkylation sites (tertiary alicyclic amines) is 1. The van der Waals surface area contributed by atoms with Gasteiger partial charge in [-0.05, 0) is 44.1 Å². The number of rotatable bonds is 5. The van der Waals surface area contributed by atoms with Gasteiger partial charge in [0.05, 0.1) is 23.4 Å². The van der Waals surface area contributed by atoms with Crippen molar-refractivity contribution in [3.05, 3.63) is 56.4 Å². The molecule has 8 rings (SSSR count). The Kier molecular flexibility index (Phi) is 14.6. The third-order valence-electron chi connectivity index (χ3n) is 10.5. The lowest BCUT2D eigenvalue weighted by Crippen LogP contribution is -2.32. The summed E-state index contributed by atoms with van der Waals surface area (Å²) in [7, 11) is 0. The van der Waals surface area contributed by atoms with Crippen molar-refractivity contribution in [3.8, 4) is 0 Å². The Balaban J connectivity index is 0.000000187. The monoisotopic (exact) mass is 914 g/mol. The maximum absolute atomic E-state index is 12.7. The molecule has 0 aromatic carbocycles. The Morgan fingerprint density at radius 3 is 1.61 bits per heavy atom. The molecule has 4 saturated heterocycles. The third-order valence-corrected chi connectivity index (χ3v) is 11.4. The number of ether oxygens (including phenoxy) is 2. The highest BCUT2D eigenvalue weighted by molar-refractivity contribution is 14.1. The lowest BCUT2D eigenvalue weighted by Gasteiger charge is -2.21. The number of alkyl halides is 7. The average Bonchev–Trinajstić information content (AvgIpc) is 3.95. The van der Waals surface area contributed by atoms with E-state index in [2.05, 4.69) is 37.3 Å². The van der Waals surface area contributed by atoms with E-state index in [-0.39, 0.29) is 48.8 Å². The van der Waals surface area contributed by atoms with Gasteiger partial charge >= 0.3 is 12.4 Å². The molecule has 4 atom stereocenters. The van der Waals surface area contributed by atoms with Gasteiger partial charge in [0, 0.05) is 69.7 Å². The molecule has 4 aromatic heterocycles. The van der Waals surface area contributed by atoms with Crippen molar-refractivity contribution >= 4 is 33.6 Å². The van der Waals surface area contributed by atoms with Crippen LogP contribution in [-0.4, -0.2) is 120 Å². The minimum atomic E-state index is -4.24. The van der Waals surface area contributed by atoms with E-state index in [0.29, 0.717) is 48.5 Å². The zero-order chi connectivity index (χ0) is 39.5. The molecule has 4 aromatic rings. The number of aromatic amines is 2. The second-order valence-electron chi connectivity index (χ2n) is 14.7. The van der Waals surface area contributed by atoms with Gasteiger partial charge < -0.3 is 24.8 Å². The SMILES string of the molecule is C.CC1CN(CC(F)(F)F)CC1c1nn2c(C3CCOCC3)ncc2c(=O)[nH]1.CC1CNCC1c1nn2c(C3CCOCC3)ncc2c(=O)[nH]1.FC(F)(F)CI. The van der Waals surface area contributed by atoms with Crippen molar-refractivity contribution in [2.75, 3.05) is 63.6 Å². The normalized spacial score (nSPS) is 24.1. The lowest BCUT2D eigenvalue weighted by molar-refractivity contribution is -0.143. The fraction of sp³-hybridized carbons (Fsp3) is 0.714. The van der Waals surface area contributed by atoms with E-state index in [4.69, 9.17) is 14.6 Å². The number of imidazole rings is 2. The van der Waals surface area contributed by atoms with Gasteiger partial charge in [0.25, 0.3) is 11.1 Å². The van der Waals surface area contributed by atoms with Crippen molar-refractivity contribution in [1.29, 1.82) is 0 Å². The van der Waals surface area contributed by atoms with Crippen LogP contribution in [0.3, 0.4) is 0 Å². The Hall–Kier alpha value is -3.15. The Labute approximate surface area is 332 Å². The molecule has 312 valence electrons. The largest absolute Gasteiger partial charge is 0.401 e. The first-order valence-corrected chi connectivity index (χ1v) is 19.9. The summed E-state index contributed by atoms with van der Waals surface area (Å²) in [5.41, 5.74) is 0.476. The number of hydrogen-bond donors (Lipinski definition) is 3. The van der Waals surface area contributed by atoms with Crippen molar-refractivity contribution in [2.24, 2.45) is 11.8 Å². The highest BCUT2D eigenvalue weighted by atomic mass is 127. The number of nitrogens with zero attached hydrogens (tertiary/aromatic N) is 7. The van der Waals surface area contributed by atoms with Crippen LogP contribution < -0.4 is 16.4 Å². The second-order valence-corrected chi connectivity index (χ2v) is 15.4. The number of halogens is 7. The molecule has 56 heavy (non-hydrogen) atoms. The fourth-order valence-electron chi connectivity index (χ4n) is 7.65. The molecule has 14 nitrogen and oxygen atoms in total. The predicted molar refractivity (Wildman–Crippen MR) is 204 cm³/mol. The number of hydrogen-bond acceptors (Lipinski definition) is 10. The summed E-state index contributed by atoms with van der Waals surface area (Å²) in [6.07, 6.45) is -1.58. The molecule has 0 spiro atoms. The van der Waals surface area contributed by atoms with Crippen LogP contribution >= 0.6 is 22.6 Å². The molecule has 4 aliphatic heterocycles. The molecule has 3 N–H and O–H groups in total. The minimum absolute atomic E-state index is 0. The van der Waals surface area contributed by atoms with Gasteiger partial charge in [-0.25, -0.2) is 19.0 Å². The summed E-state index contributed by atoms with van der Waals surface area (Å²) in [6, 6.07) is 0. The summed E-state index contributed by atoms with van der Waals surface area (Å²) in [5, 5.41) is 12.7. The van der Waals surface area contributed by atoms with E-state index in [0.717, 1.165) is 69.5 Å². The Morgan fingerprint density at radius 2 is 1.20 bits per heavy atom. The number of aromatic nitrogens is 8. The van der Waals surface area contributed by atoms with Crippen LogP contribution in [0.15, 0.2) is 22.0 Å². The molecule has 0 radical (unpaired) electrons. The molecule has 8 heterocycles. The maximum Gasteiger partial charge on any atom is 0.401 e. The smallest absolute Gasteiger partial charge is 0.381 e. The summed E-state index contributed by atoms with van der Waals surface area (Å²) in [6.45, 7) is 8.26. The van der Waals surface area contributed by atoms with Gasteiger partial charge in [-0.3, -0.25) is 14.5 Å². The average molecular weight is 915 g/mol. The highest BCUT2D eigenvalue weighted by Crippen LogP contribution is 2.33. The molecule has 0 bridgehead atoms. The van der Waals surface area contributed by atoms with Crippen LogP contribution in [0.25, 0.3) is 11.0 Å². The summed E-state index contributed by atoms with van der Waals surface area (Å²) in [5.74, 6) is 3.71. The van der Waals surface area contributed by atoms with E-state index < -0.39 is 23.3 Å². The molecule has 0 saturated carbocycles. The summed E-state index contributed by atoms with van der Waals surface area (Å²) >= 11 is 1.27. The minimum Gasteiger partial charge on any atom is -0.381 e. The molecule has 21 heteroatoms. The van der Waals surface area contributed by atoms with Crippen molar-refractivity contribution in [3.63, 3.8) is 0 Å². The van der Waals surface area contributed by atoms with Crippen molar-refractivity contribution in [1.82, 2.24) is 49.4 Å². The van der Waals surface area contributed by atoms with E-state index in [1.165, 1.54) is 33.7 Å². The van der Waals surface area contributed by atoms with Crippen LogP contribution in [0.5, 0.6) is 0 Å². The van der Waals surface area contributed by atoms with Crippen LogP contribution in [-0.2, 0) is 9.47 Å². The number of fused-ring (bicyclic) bond motifs is 2. The zero-order valence-electron chi connectivity index (χ0n) is 30.4. The van der Waals surface area contributed by atoms with Gasteiger partial charge in [0.15, 0.2) is 11.0 Å². The quantitative estimate of drug-likeness (QED) is 0.139. The third kappa shape index (κ3) is 10.7. The van der Waals surface area contributed by atoms with Crippen LogP contribution in [0, 0.1) is 11.8 Å². The number of H-pyrrole nitrogens is 2. The molecular weight excluding hydrogens is 865 g/mol. The van der Waals surface area contributed by atoms with Gasteiger partial charge in [0.1, 0.15) is 23.3 Å². The summed E-state index contributed by atoms with van der Waals surface area (Å²) in [4.78, 5) is 40.8. The van der Waals surface area contributed by atoms with Gasteiger partial charge in [-0.2, -0.15) is 36.5 Å². The molecule has 4 unspecified atom stereocenters. The zero-order valence-corrected chi connectivity index (χ0v) is 32.6. The second kappa shape index (κ2) is 18.6. The topological polar surface area (TPSA) is 160 Å². The predicted octanol–water partition coefficient (Wildman–Crippen LogP) is 5.16. The molecule has 0 amide bonds. The van der Waals surface area contributed by atoms with Gasteiger partial charge in [-0.15, -0.1) is 0 Å². The van der Waals surface area contributed by atoms with Crippen LogP contribution in [0.1, 0.15) is 93.9 Å². The van der Waals surface area contributed by atoms with Crippen molar-refractivity contribution in [2.45, 2.75) is 83.0 Å². The highest BCUT2D eigenvalue weighted by Gasteiger charge is 2.39. The first-order valence-electron chi connectivity index (χ1n) is 18.4. The lowest BCUT2D eigenvalue weighted by atomic mass is 9.97. The molecule has 4 fully saturated rings. The van der Waals surface area contributed by atoms with E-state index >= 15 is 0 Å². The van der Waals surface area contributed by atoms with Gasteiger partial charge in [0.2, 0.25) is 0 Å². The standard InChI is InChI=1S/C17H22F3N5O2.C15H21N5O2.C2H2F3I.CH4/c1-10-7-24(9-17(18,19)20)8-12(10)14-22-16(26)13-6-21-15(25(13)23-14)11-2-4-27-5-3-11;1-9-6-16-7-11(9)13-18-15(21)12-8-17-14(20(12)19-13)10-2-4-22-5-3-10;3-2(4,5)1-6;/h6,10-12H,2-5,7-9H2,1H3,(H,22,23,26);8-11,16H,2-7H2,1H3,(H,18,19,21);1H2;1H4. The van der Waals surface area contributed by atoms with E-state index in [9.17, 15) is 35.9 Å². The van der Waals surface area contributed by atoms with Gasteiger partial charge in [-0.1, -0.05) is 43.9 Å². The van der Waals surface area contributed by atoms with E-state index in [1.807, 2.05) is 6.92 Å². The van der Waals surface area contributed by atoms with E-state index in [1.54, 1.807) is 15.2 Å². The fourth-order valence-corrected chi connectivity index (χ4v) is 7.65.